The molecule has 0 amide bonds. The SMILES string of the molecule is Cc1ccc2c(c1N1C=CN(C)C1C)C(C)(C)c1ccccc1[Si]2(C)C. The van der Waals surface area contributed by atoms with E-state index >= 15 is 0 Å². The van der Waals surface area contributed by atoms with Crippen molar-refractivity contribution in [1.29, 1.82) is 0 Å². The zero-order chi connectivity index (χ0) is 18.9. The summed E-state index contributed by atoms with van der Waals surface area (Å²) in [4.78, 5) is 4.75. The lowest BCUT2D eigenvalue weighted by atomic mass is 9.75. The predicted octanol–water partition coefficient (Wildman–Crippen LogP) is 4.03. The normalized spacial score (nSPS) is 22.3. The Morgan fingerprint density at radius 1 is 0.962 bits per heavy atom. The van der Waals surface area contributed by atoms with Gasteiger partial charge in [0.1, 0.15) is 14.2 Å². The molecule has 2 aliphatic rings. The first kappa shape index (κ1) is 17.4. The topological polar surface area (TPSA) is 6.48 Å². The Morgan fingerprint density at radius 3 is 2.31 bits per heavy atom. The van der Waals surface area contributed by atoms with Crippen LogP contribution >= 0.6 is 0 Å². The summed E-state index contributed by atoms with van der Waals surface area (Å²) in [5.74, 6) is 0. The Balaban J connectivity index is 2.05. The van der Waals surface area contributed by atoms with Gasteiger partial charge in [0.2, 0.25) is 0 Å². The second-order valence-electron chi connectivity index (χ2n) is 8.95. The monoisotopic (exact) mass is 362 g/mol. The first-order valence-electron chi connectivity index (χ1n) is 9.60. The van der Waals surface area contributed by atoms with Crippen molar-refractivity contribution in [3.05, 3.63) is 65.5 Å². The largest absolute Gasteiger partial charge is 0.359 e. The van der Waals surface area contributed by atoms with Crippen molar-refractivity contribution in [1.82, 2.24) is 4.90 Å². The highest BCUT2D eigenvalue weighted by molar-refractivity contribution is 7.01. The number of benzene rings is 2. The van der Waals surface area contributed by atoms with Gasteiger partial charge in [-0.1, -0.05) is 68.5 Å². The molecule has 2 aliphatic heterocycles. The predicted molar refractivity (Wildman–Crippen MR) is 115 cm³/mol. The third-order valence-corrected chi connectivity index (χ3v) is 10.2. The first-order chi connectivity index (χ1) is 12.2. The molecule has 0 spiro atoms. The molecule has 2 nitrogen and oxygen atoms in total. The molecule has 2 aromatic carbocycles. The van der Waals surface area contributed by atoms with Crippen molar-refractivity contribution in [2.75, 3.05) is 11.9 Å². The summed E-state index contributed by atoms with van der Waals surface area (Å²) < 4.78 is 0. The quantitative estimate of drug-likeness (QED) is 0.707. The van der Waals surface area contributed by atoms with Gasteiger partial charge in [0, 0.05) is 30.5 Å². The Hall–Kier alpha value is -2.00. The first-order valence-corrected chi connectivity index (χ1v) is 12.6. The zero-order valence-electron chi connectivity index (χ0n) is 17.1. The lowest BCUT2D eigenvalue weighted by Crippen LogP contribution is -2.62. The van der Waals surface area contributed by atoms with Gasteiger partial charge in [-0.3, -0.25) is 0 Å². The standard InChI is InChI=1S/C23H30N2Si/c1-16-12-13-20-21(22(16)25-15-14-24(5)17(25)2)23(3,4)18-10-8-9-11-19(18)26(20,6)7/h8-15,17H,1-7H3. The van der Waals surface area contributed by atoms with E-state index in [9.17, 15) is 0 Å². The molecule has 4 rings (SSSR count). The fraction of sp³-hybridized carbons (Fsp3) is 0.391. The molecule has 136 valence electrons. The summed E-state index contributed by atoms with van der Waals surface area (Å²) >= 11 is 0. The van der Waals surface area contributed by atoms with E-state index in [1.165, 1.54) is 16.8 Å². The third kappa shape index (κ3) is 2.16. The fourth-order valence-corrected chi connectivity index (χ4v) is 8.35. The van der Waals surface area contributed by atoms with Crippen LogP contribution in [0.1, 0.15) is 37.5 Å². The molecule has 0 aromatic heterocycles. The zero-order valence-corrected chi connectivity index (χ0v) is 18.1. The van der Waals surface area contributed by atoms with Gasteiger partial charge in [-0.2, -0.15) is 0 Å². The van der Waals surface area contributed by atoms with Crippen LogP contribution in [-0.2, 0) is 5.41 Å². The molecule has 0 saturated heterocycles. The highest BCUT2D eigenvalue weighted by Gasteiger charge is 2.45. The highest BCUT2D eigenvalue weighted by Crippen LogP contribution is 2.43. The summed E-state index contributed by atoms with van der Waals surface area (Å²) in [7, 11) is 0.428. The minimum Gasteiger partial charge on any atom is -0.359 e. The molecule has 0 bridgehead atoms. The number of hydrogen-bond acceptors (Lipinski definition) is 2. The maximum atomic E-state index is 2.51. The van der Waals surface area contributed by atoms with Gasteiger partial charge < -0.3 is 9.80 Å². The fourth-order valence-electron chi connectivity index (χ4n) is 4.92. The van der Waals surface area contributed by atoms with Crippen LogP contribution in [0.5, 0.6) is 0 Å². The number of hydrogen-bond donors (Lipinski definition) is 0. The van der Waals surface area contributed by atoms with E-state index in [2.05, 4.69) is 106 Å². The second kappa shape index (κ2) is 5.50. The molecule has 3 heteroatoms. The van der Waals surface area contributed by atoms with E-state index in [0.717, 1.165) is 0 Å². The lowest BCUT2D eigenvalue weighted by molar-refractivity contribution is 0.382. The molecule has 0 fully saturated rings. The summed E-state index contributed by atoms with van der Waals surface area (Å²) in [6.07, 6.45) is 4.78. The van der Waals surface area contributed by atoms with Crippen LogP contribution in [0.3, 0.4) is 0 Å². The third-order valence-electron chi connectivity index (χ3n) is 6.66. The van der Waals surface area contributed by atoms with Crippen molar-refractivity contribution < 1.29 is 0 Å². The lowest BCUT2D eigenvalue weighted by Gasteiger charge is -2.46. The van der Waals surface area contributed by atoms with Gasteiger partial charge in [0.15, 0.2) is 0 Å². The molecule has 2 heterocycles. The minimum absolute atomic E-state index is 0.00449. The maximum absolute atomic E-state index is 2.51. The average molecular weight is 363 g/mol. The Labute approximate surface area is 159 Å². The van der Waals surface area contributed by atoms with E-state index in [-0.39, 0.29) is 5.41 Å². The molecule has 0 aliphatic carbocycles. The van der Waals surface area contributed by atoms with Crippen molar-refractivity contribution in [2.45, 2.75) is 52.4 Å². The Bertz CT molecular complexity index is 910. The number of fused-ring (bicyclic) bond motifs is 2. The Morgan fingerprint density at radius 2 is 1.65 bits per heavy atom. The van der Waals surface area contributed by atoms with Crippen LogP contribution < -0.4 is 15.3 Å². The van der Waals surface area contributed by atoms with Gasteiger partial charge in [-0.15, -0.1) is 0 Å². The molecule has 0 N–H and O–H groups in total. The van der Waals surface area contributed by atoms with Crippen LogP contribution in [0.25, 0.3) is 0 Å². The molecule has 1 atom stereocenters. The van der Waals surface area contributed by atoms with Gasteiger partial charge in [-0.25, -0.2) is 0 Å². The van der Waals surface area contributed by atoms with Crippen LogP contribution in [-0.4, -0.2) is 26.2 Å². The molecule has 2 aromatic rings. The van der Waals surface area contributed by atoms with E-state index in [0.29, 0.717) is 6.17 Å². The van der Waals surface area contributed by atoms with Gasteiger partial charge in [0.25, 0.3) is 0 Å². The maximum Gasteiger partial charge on any atom is 0.113 e. The summed E-state index contributed by atoms with van der Waals surface area (Å²) in [5.41, 5.74) is 5.84. The van der Waals surface area contributed by atoms with E-state index < -0.39 is 8.07 Å². The molecule has 1 unspecified atom stereocenters. The second-order valence-corrected chi connectivity index (χ2v) is 13.3. The van der Waals surface area contributed by atoms with Crippen LogP contribution in [0.2, 0.25) is 13.1 Å². The number of anilines is 1. The number of nitrogens with zero attached hydrogens (tertiary/aromatic N) is 2. The molecule has 26 heavy (non-hydrogen) atoms. The average Bonchev–Trinajstić information content (AvgIpc) is 2.92. The molecule has 0 radical (unpaired) electrons. The van der Waals surface area contributed by atoms with Crippen molar-refractivity contribution in [3.8, 4) is 0 Å². The van der Waals surface area contributed by atoms with Gasteiger partial charge in [0.05, 0.1) is 0 Å². The number of aryl methyl sites for hydroxylation is 1. The van der Waals surface area contributed by atoms with Crippen LogP contribution in [0.15, 0.2) is 48.8 Å². The molecular formula is C23H30N2Si. The van der Waals surface area contributed by atoms with E-state index in [1.54, 1.807) is 15.9 Å². The van der Waals surface area contributed by atoms with E-state index in [4.69, 9.17) is 0 Å². The van der Waals surface area contributed by atoms with Gasteiger partial charge >= 0.3 is 0 Å². The van der Waals surface area contributed by atoms with Crippen molar-refractivity contribution in [2.24, 2.45) is 0 Å². The van der Waals surface area contributed by atoms with Crippen LogP contribution in [0.4, 0.5) is 5.69 Å². The smallest absolute Gasteiger partial charge is 0.113 e. The van der Waals surface area contributed by atoms with Crippen LogP contribution in [0, 0.1) is 6.92 Å². The van der Waals surface area contributed by atoms with Crippen molar-refractivity contribution >= 4 is 24.1 Å². The molecular weight excluding hydrogens is 332 g/mol. The Kier molecular flexibility index (Phi) is 3.68. The van der Waals surface area contributed by atoms with E-state index in [1.807, 2.05) is 0 Å². The summed E-state index contributed by atoms with van der Waals surface area (Å²) in [6.45, 7) is 14.4. The summed E-state index contributed by atoms with van der Waals surface area (Å²) in [5, 5.41) is 3.19. The number of rotatable bonds is 1. The van der Waals surface area contributed by atoms with Gasteiger partial charge in [-0.05, 0) is 35.7 Å². The highest BCUT2D eigenvalue weighted by atomic mass is 28.3. The minimum atomic E-state index is -1.73. The molecule has 0 saturated carbocycles. The van der Waals surface area contributed by atoms with Crippen molar-refractivity contribution in [3.63, 3.8) is 0 Å². The summed E-state index contributed by atoms with van der Waals surface area (Å²) in [6, 6.07) is 13.9.